The Morgan fingerprint density at radius 3 is 2.60 bits per heavy atom. The van der Waals surface area contributed by atoms with Gasteiger partial charge in [-0.2, -0.15) is 10.2 Å². The molecular formula is C39H42ClN5O6S. The molecule has 1 N–H and O–H groups in total. The van der Waals surface area contributed by atoms with E-state index in [4.69, 9.17) is 26.2 Å². The molecule has 0 bridgehead atoms. The molecule has 4 heterocycles. The molecule has 0 atom stereocenters. The second-order valence-electron chi connectivity index (χ2n) is 13.4. The zero-order valence-corrected chi connectivity index (χ0v) is 31.4. The van der Waals surface area contributed by atoms with E-state index in [9.17, 15) is 18.3 Å². The van der Waals surface area contributed by atoms with E-state index < -0.39 is 15.8 Å². The molecule has 11 nitrogen and oxygen atoms in total. The fourth-order valence-corrected chi connectivity index (χ4v) is 9.13. The highest BCUT2D eigenvalue weighted by Crippen LogP contribution is 2.44. The molecule has 1 aliphatic heterocycles. The van der Waals surface area contributed by atoms with E-state index in [2.05, 4.69) is 30.2 Å². The molecule has 0 fully saturated rings. The molecule has 13 heteroatoms. The smallest absolute Gasteiger partial charge is 0.355 e. The van der Waals surface area contributed by atoms with Crippen molar-refractivity contribution in [3.05, 3.63) is 99.2 Å². The predicted octanol–water partition coefficient (Wildman–Crippen LogP) is 6.63. The number of aliphatic hydroxyl groups is 1. The first-order valence-electron chi connectivity index (χ1n) is 17.5. The summed E-state index contributed by atoms with van der Waals surface area (Å²) in [6, 6.07) is 17.7. The summed E-state index contributed by atoms with van der Waals surface area (Å²) < 4.78 is 44.5. The van der Waals surface area contributed by atoms with Gasteiger partial charge >= 0.3 is 5.97 Å². The molecule has 272 valence electrons. The Kier molecular flexibility index (Phi) is 9.90. The van der Waals surface area contributed by atoms with Crippen LogP contribution in [0.5, 0.6) is 5.75 Å². The van der Waals surface area contributed by atoms with Gasteiger partial charge < -0.3 is 19.1 Å². The van der Waals surface area contributed by atoms with Crippen LogP contribution in [0, 0.1) is 6.92 Å². The molecule has 3 aromatic carbocycles. The number of rotatable bonds is 13. The fourth-order valence-electron chi connectivity index (χ4n) is 7.57. The van der Waals surface area contributed by atoms with Crippen molar-refractivity contribution in [3.63, 3.8) is 0 Å². The average Bonchev–Trinajstić information content (AvgIpc) is 3.84. The van der Waals surface area contributed by atoms with Crippen LogP contribution in [0.3, 0.4) is 0 Å². The van der Waals surface area contributed by atoms with E-state index in [1.807, 2.05) is 46.6 Å². The topological polar surface area (TPSA) is 130 Å². The molecule has 0 spiro atoms. The first kappa shape index (κ1) is 35.7. The molecule has 0 unspecified atom stereocenters. The second kappa shape index (κ2) is 14.4. The lowest BCUT2D eigenvalue weighted by Gasteiger charge is -2.12. The van der Waals surface area contributed by atoms with Crippen LogP contribution in [0.1, 0.15) is 64.2 Å². The molecule has 7 rings (SSSR count). The highest BCUT2D eigenvalue weighted by Gasteiger charge is 2.32. The third kappa shape index (κ3) is 6.70. The third-order valence-corrected chi connectivity index (χ3v) is 11.5. The van der Waals surface area contributed by atoms with Crippen LogP contribution in [0.4, 0.5) is 0 Å². The Labute approximate surface area is 307 Å². The number of carbonyl (C=O) groups excluding carboxylic acids is 1. The maximum absolute atomic E-state index is 13.7. The Bertz CT molecular complexity index is 2440. The first-order valence-corrected chi connectivity index (χ1v) is 19.7. The number of carbonyl (C=O) groups is 1. The highest BCUT2D eigenvalue weighted by atomic mass is 35.5. The van der Waals surface area contributed by atoms with E-state index in [1.165, 1.54) is 4.68 Å². The number of halogens is 1. The van der Waals surface area contributed by atoms with Gasteiger partial charge in [0.1, 0.15) is 11.4 Å². The van der Waals surface area contributed by atoms with Gasteiger partial charge in [0.2, 0.25) is 0 Å². The minimum absolute atomic E-state index is 0.214. The summed E-state index contributed by atoms with van der Waals surface area (Å²) in [5, 5.41) is 22.1. The summed E-state index contributed by atoms with van der Waals surface area (Å²) in [4.78, 5) is 13.6. The Morgan fingerprint density at radius 1 is 1.02 bits per heavy atom. The van der Waals surface area contributed by atoms with Gasteiger partial charge in [-0.15, -0.1) is 0 Å². The number of nitrogens with zero attached hydrogens (tertiary/aromatic N) is 5. The van der Waals surface area contributed by atoms with Gasteiger partial charge in [0.05, 0.1) is 58.9 Å². The Balaban J connectivity index is 1.27. The van der Waals surface area contributed by atoms with Crippen LogP contribution in [-0.2, 0) is 66.2 Å². The maximum Gasteiger partial charge on any atom is 0.355 e. The number of fused-ring (bicyclic) bond motifs is 3. The zero-order chi connectivity index (χ0) is 36.7. The number of aryl methyl sites for hydroxylation is 5. The van der Waals surface area contributed by atoms with Crippen LogP contribution in [0.25, 0.3) is 32.8 Å². The lowest BCUT2D eigenvalue weighted by atomic mass is 9.97. The molecule has 52 heavy (non-hydrogen) atoms. The molecule has 3 aromatic heterocycles. The number of aromatic nitrogens is 5. The lowest BCUT2D eigenvalue weighted by Crippen LogP contribution is -2.13. The summed E-state index contributed by atoms with van der Waals surface area (Å²) >= 11 is 7.06. The Hall–Kier alpha value is -4.65. The summed E-state index contributed by atoms with van der Waals surface area (Å²) in [6.45, 7) is 4.90. The van der Waals surface area contributed by atoms with Crippen LogP contribution < -0.4 is 4.74 Å². The maximum atomic E-state index is 13.7. The molecule has 0 amide bonds. The van der Waals surface area contributed by atoms with Gasteiger partial charge in [0, 0.05) is 48.2 Å². The lowest BCUT2D eigenvalue weighted by molar-refractivity contribution is 0.0514. The van der Waals surface area contributed by atoms with Crippen molar-refractivity contribution < 1.29 is 27.8 Å². The summed E-state index contributed by atoms with van der Waals surface area (Å²) in [5.41, 5.74) is 6.61. The van der Waals surface area contributed by atoms with Crippen molar-refractivity contribution >= 4 is 49.1 Å². The second-order valence-corrected chi connectivity index (χ2v) is 15.9. The third-order valence-electron chi connectivity index (χ3n) is 9.75. The monoisotopic (exact) mass is 743 g/mol. The molecule has 0 aliphatic carbocycles. The van der Waals surface area contributed by atoms with Gasteiger partial charge in [-0.3, -0.25) is 9.36 Å². The molecule has 1 aliphatic rings. The molecule has 6 aromatic rings. The van der Waals surface area contributed by atoms with E-state index in [1.54, 1.807) is 20.0 Å². The molecule has 0 radical (unpaired) electrons. The number of hydrogen-bond donors (Lipinski definition) is 1. The number of esters is 1. The first-order chi connectivity index (χ1) is 25.0. The van der Waals surface area contributed by atoms with Gasteiger partial charge in [-0.25, -0.2) is 13.2 Å². The van der Waals surface area contributed by atoms with Gasteiger partial charge in [-0.1, -0.05) is 48.0 Å². The summed E-state index contributed by atoms with van der Waals surface area (Å²) in [7, 11) is -0.250. The van der Waals surface area contributed by atoms with Crippen molar-refractivity contribution in [2.24, 2.45) is 14.1 Å². The van der Waals surface area contributed by atoms with E-state index >= 15 is 0 Å². The zero-order valence-electron chi connectivity index (χ0n) is 29.8. The van der Waals surface area contributed by atoms with Crippen molar-refractivity contribution in [2.45, 2.75) is 64.2 Å². The molecule has 0 saturated carbocycles. The largest absolute Gasteiger partial charge is 0.493 e. The number of aliphatic hydroxyl groups excluding tert-OH is 1. The number of hydrogen-bond acceptors (Lipinski definition) is 8. The van der Waals surface area contributed by atoms with Crippen LogP contribution >= 0.6 is 11.6 Å². The van der Waals surface area contributed by atoms with Crippen LogP contribution in [-0.4, -0.2) is 56.8 Å². The SMILES string of the molecule is CCOC(=O)c1c(CCCOc2cc(C)cc3ccccc23)c2ccc(Cl)c(-c3c(CS(=O)(=O)Cc4cc(CO)n(C)n4)nn4c3CCC4)c2n1C. The predicted molar refractivity (Wildman–Crippen MR) is 201 cm³/mol. The standard InChI is InChI=1S/C39H42ClN5O6S/c1-5-50-39(47)38-29(12-9-17-51-34-19-24(2)18-25-10-6-7-11-28(25)34)30-14-15-31(40)35(37(30)43(38)3)36-32(42-45-16-8-13-33(36)45)23-52(48,49)22-26-20-27(21-46)44(4)41-26/h6-7,10-11,14-15,18-20,46H,5,8-9,12-13,16-17,21-23H2,1-4H3. The van der Waals surface area contributed by atoms with Crippen molar-refractivity contribution in [1.82, 2.24) is 24.1 Å². The van der Waals surface area contributed by atoms with Crippen molar-refractivity contribution in [3.8, 4) is 16.9 Å². The van der Waals surface area contributed by atoms with Gasteiger partial charge in [0.25, 0.3) is 0 Å². The molecular weight excluding hydrogens is 702 g/mol. The minimum Gasteiger partial charge on any atom is -0.493 e. The normalized spacial score (nSPS) is 13.0. The number of benzene rings is 3. The summed E-state index contributed by atoms with van der Waals surface area (Å²) in [5.74, 6) is -0.248. The quantitative estimate of drug-likeness (QED) is 0.103. The van der Waals surface area contributed by atoms with Gasteiger partial charge in [0.15, 0.2) is 9.84 Å². The van der Waals surface area contributed by atoms with Crippen molar-refractivity contribution in [1.29, 1.82) is 0 Å². The average molecular weight is 744 g/mol. The van der Waals surface area contributed by atoms with E-state index in [0.717, 1.165) is 50.7 Å². The van der Waals surface area contributed by atoms with Crippen LogP contribution in [0.15, 0.2) is 54.6 Å². The van der Waals surface area contributed by atoms with Crippen molar-refractivity contribution in [2.75, 3.05) is 13.2 Å². The fraction of sp³-hybridized carbons (Fsp3) is 0.359. The van der Waals surface area contributed by atoms with Crippen LogP contribution in [0.2, 0.25) is 5.02 Å². The molecule has 0 saturated heterocycles. The van der Waals surface area contributed by atoms with E-state index in [-0.39, 0.29) is 24.7 Å². The summed E-state index contributed by atoms with van der Waals surface area (Å²) in [6.07, 6.45) is 2.74. The number of ether oxygens (including phenoxy) is 2. The number of sulfone groups is 1. The minimum atomic E-state index is -3.74. The van der Waals surface area contributed by atoms with E-state index in [0.29, 0.717) is 71.3 Å². The van der Waals surface area contributed by atoms with Gasteiger partial charge in [-0.05, 0) is 74.2 Å². The highest BCUT2D eigenvalue weighted by molar-refractivity contribution is 7.89. The Morgan fingerprint density at radius 2 is 1.83 bits per heavy atom.